The van der Waals surface area contributed by atoms with E-state index in [1.165, 1.54) is 0 Å². The Hall–Kier alpha value is -2.01. The molecule has 0 aliphatic carbocycles. The molecule has 0 unspecified atom stereocenters. The average Bonchev–Trinajstić information content (AvgIpc) is 2.61. The van der Waals surface area contributed by atoms with Crippen LogP contribution in [0.4, 0.5) is 17.1 Å². The molecule has 0 atom stereocenters. The number of anilines is 3. The first kappa shape index (κ1) is 18.8. The van der Waals surface area contributed by atoms with Crippen molar-refractivity contribution in [2.45, 2.75) is 6.42 Å². The molecule has 1 amide bonds. The topological polar surface area (TPSA) is 41.1 Å². The van der Waals surface area contributed by atoms with E-state index in [2.05, 4.69) is 26.6 Å². The van der Waals surface area contributed by atoms with Crippen LogP contribution >= 0.6 is 39.1 Å². The highest BCUT2D eigenvalue weighted by Gasteiger charge is 2.11. The van der Waals surface area contributed by atoms with Gasteiger partial charge >= 0.3 is 0 Å². The summed E-state index contributed by atoms with van der Waals surface area (Å²) in [7, 11) is 0. The molecule has 0 fully saturated rings. The number of benzene rings is 3. The lowest BCUT2D eigenvalue weighted by Crippen LogP contribution is -2.15. The highest BCUT2D eigenvalue weighted by atomic mass is 79.9. The number of para-hydroxylation sites is 2. The van der Waals surface area contributed by atoms with Gasteiger partial charge in [-0.2, -0.15) is 0 Å². The van der Waals surface area contributed by atoms with E-state index in [1.807, 2.05) is 48.5 Å². The normalized spacial score (nSPS) is 10.4. The van der Waals surface area contributed by atoms with Gasteiger partial charge in [0.2, 0.25) is 5.91 Å². The molecule has 0 spiro atoms. The number of nitrogens with one attached hydrogen (secondary N) is 2. The molecule has 2 N–H and O–H groups in total. The van der Waals surface area contributed by atoms with Gasteiger partial charge in [0, 0.05) is 15.8 Å². The third-order valence-electron chi connectivity index (χ3n) is 3.72. The van der Waals surface area contributed by atoms with Crippen LogP contribution in [0.2, 0.25) is 10.0 Å². The molecule has 0 radical (unpaired) electrons. The Bertz CT molecular complexity index is 909. The van der Waals surface area contributed by atoms with Crippen LogP contribution in [0.15, 0.2) is 71.2 Å². The van der Waals surface area contributed by atoms with Gasteiger partial charge in [0.15, 0.2) is 0 Å². The van der Waals surface area contributed by atoms with Gasteiger partial charge in [-0.1, -0.05) is 63.4 Å². The number of hydrogen-bond acceptors (Lipinski definition) is 2. The summed E-state index contributed by atoms with van der Waals surface area (Å²) in [5.74, 6) is -0.105. The van der Waals surface area contributed by atoms with Gasteiger partial charge in [0.05, 0.1) is 22.2 Å². The molecular formula is C20H15BrCl2N2O. The summed E-state index contributed by atoms with van der Waals surface area (Å²) in [6.07, 6.45) is 0.224. The van der Waals surface area contributed by atoms with E-state index in [4.69, 9.17) is 23.2 Å². The lowest BCUT2D eigenvalue weighted by Gasteiger charge is -2.14. The molecule has 0 saturated carbocycles. The largest absolute Gasteiger partial charge is 0.353 e. The molecule has 0 aromatic heterocycles. The summed E-state index contributed by atoms with van der Waals surface area (Å²) in [6, 6.07) is 20.3. The van der Waals surface area contributed by atoms with Crippen LogP contribution in [0.1, 0.15) is 5.56 Å². The van der Waals surface area contributed by atoms with Gasteiger partial charge in [-0.05, 0) is 48.0 Å². The molecule has 0 aliphatic rings. The second-order valence-corrected chi connectivity index (χ2v) is 7.34. The van der Waals surface area contributed by atoms with Crippen LogP contribution < -0.4 is 10.6 Å². The second kappa shape index (κ2) is 8.58. The predicted octanol–water partition coefficient (Wildman–Crippen LogP) is 6.68. The molecule has 26 heavy (non-hydrogen) atoms. The molecule has 0 heterocycles. The Kier molecular flexibility index (Phi) is 6.20. The Labute approximate surface area is 170 Å². The Balaban J connectivity index is 1.76. The number of amides is 1. The maximum Gasteiger partial charge on any atom is 0.228 e. The van der Waals surface area contributed by atoms with Crippen LogP contribution in [-0.4, -0.2) is 5.91 Å². The number of carbonyl (C=O) groups excluding carboxylic acids is 1. The van der Waals surface area contributed by atoms with Gasteiger partial charge in [-0.25, -0.2) is 0 Å². The first-order chi connectivity index (χ1) is 12.5. The Morgan fingerprint density at radius 3 is 2.23 bits per heavy atom. The zero-order valence-electron chi connectivity index (χ0n) is 13.6. The summed E-state index contributed by atoms with van der Waals surface area (Å²) < 4.78 is 0.960. The summed E-state index contributed by atoms with van der Waals surface area (Å²) in [4.78, 5) is 12.4. The first-order valence-corrected chi connectivity index (χ1v) is 9.42. The van der Waals surface area contributed by atoms with Crippen LogP contribution in [0.5, 0.6) is 0 Å². The lowest BCUT2D eigenvalue weighted by atomic mass is 10.1. The van der Waals surface area contributed by atoms with Crippen molar-refractivity contribution in [1.82, 2.24) is 0 Å². The summed E-state index contributed by atoms with van der Waals surface area (Å²) >= 11 is 15.8. The van der Waals surface area contributed by atoms with E-state index in [1.54, 1.807) is 18.2 Å². The lowest BCUT2D eigenvalue weighted by molar-refractivity contribution is -0.115. The van der Waals surface area contributed by atoms with Crippen LogP contribution in [0.25, 0.3) is 0 Å². The predicted molar refractivity (Wildman–Crippen MR) is 113 cm³/mol. The smallest absolute Gasteiger partial charge is 0.228 e. The van der Waals surface area contributed by atoms with E-state index in [0.29, 0.717) is 15.7 Å². The fraction of sp³-hybridized carbons (Fsp3) is 0.0500. The quantitative estimate of drug-likeness (QED) is 0.456. The van der Waals surface area contributed by atoms with Crippen LogP contribution in [0.3, 0.4) is 0 Å². The fourth-order valence-electron chi connectivity index (χ4n) is 2.46. The summed E-state index contributed by atoms with van der Waals surface area (Å²) in [6.45, 7) is 0. The van der Waals surface area contributed by atoms with Gasteiger partial charge in [0.1, 0.15) is 0 Å². The second-order valence-electron chi connectivity index (χ2n) is 5.61. The van der Waals surface area contributed by atoms with Crippen molar-refractivity contribution in [1.29, 1.82) is 0 Å². The third-order valence-corrected chi connectivity index (χ3v) is 4.88. The SMILES string of the molecule is O=C(Cc1ccccc1Nc1c(Cl)cccc1Cl)Nc1ccc(Br)cc1. The van der Waals surface area contributed by atoms with Crippen molar-refractivity contribution in [3.63, 3.8) is 0 Å². The third kappa shape index (κ3) is 4.79. The zero-order chi connectivity index (χ0) is 18.5. The number of halogens is 3. The van der Waals surface area contributed by atoms with E-state index in [-0.39, 0.29) is 12.3 Å². The van der Waals surface area contributed by atoms with Crippen molar-refractivity contribution < 1.29 is 4.79 Å². The Morgan fingerprint density at radius 1 is 0.885 bits per heavy atom. The minimum atomic E-state index is -0.105. The van der Waals surface area contributed by atoms with Crippen molar-refractivity contribution in [3.8, 4) is 0 Å². The van der Waals surface area contributed by atoms with Gasteiger partial charge in [0.25, 0.3) is 0 Å². The number of hydrogen-bond donors (Lipinski definition) is 2. The molecule has 6 heteroatoms. The van der Waals surface area contributed by atoms with E-state index in [9.17, 15) is 4.79 Å². The van der Waals surface area contributed by atoms with E-state index in [0.717, 1.165) is 21.4 Å². The minimum Gasteiger partial charge on any atom is -0.353 e. The first-order valence-electron chi connectivity index (χ1n) is 7.87. The molecular weight excluding hydrogens is 435 g/mol. The molecule has 3 aromatic rings. The van der Waals surface area contributed by atoms with Crippen molar-refractivity contribution in [3.05, 3.63) is 86.8 Å². The molecule has 0 aliphatic heterocycles. The molecule has 3 nitrogen and oxygen atoms in total. The van der Waals surface area contributed by atoms with E-state index >= 15 is 0 Å². The molecule has 3 aromatic carbocycles. The highest BCUT2D eigenvalue weighted by molar-refractivity contribution is 9.10. The molecule has 0 saturated heterocycles. The van der Waals surface area contributed by atoms with Crippen molar-refractivity contribution in [2.75, 3.05) is 10.6 Å². The van der Waals surface area contributed by atoms with E-state index < -0.39 is 0 Å². The standard InChI is InChI=1S/C20H15BrCl2N2O/c21-14-8-10-15(11-9-14)24-19(26)12-13-4-1-2-7-18(13)25-20-16(22)5-3-6-17(20)23/h1-11,25H,12H2,(H,24,26). The van der Waals surface area contributed by atoms with Gasteiger partial charge in [-0.3, -0.25) is 4.79 Å². The van der Waals surface area contributed by atoms with Crippen LogP contribution in [0, 0.1) is 0 Å². The molecule has 0 bridgehead atoms. The fourth-order valence-corrected chi connectivity index (χ4v) is 3.22. The minimum absolute atomic E-state index is 0.105. The van der Waals surface area contributed by atoms with Gasteiger partial charge < -0.3 is 10.6 Å². The zero-order valence-corrected chi connectivity index (χ0v) is 16.7. The monoisotopic (exact) mass is 448 g/mol. The van der Waals surface area contributed by atoms with Crippen LogP contribution in [-0.2, 0) is 11.2 Å². The summed E-state index contributed by atoms with van der Waals surface area (Å²) in [5.41, 5.74) is 3.00. The number of rotatable bonds is 5. The maximum absolute atomic E-state index is 12.4. The summed E-state index contributed by atoms with van der Waals surface area (Å²) in [5, 5.41) is 7.17. The highest BCUT2D eigenvalue weighted by Crippen LogP contribution is 2.33. The van der Waals surface area contributed by atoms with Crippen molar-refractivity contribution >= 4 is 62.1 Å². The average molecular weight is 450 g/mol. The molecule has 3 rings (SSSR count). The maximum atomic E-state index is 12.4. The molecule has 132 valence electrons. The number of carbonyl (C=O) groups is 1. The van der Waals surface area contributed by atoms with Gasteiger partial charge in [-0.15, -0.1) is 0 Å². The Morgan fingerprint density at radius 2 is 1.54 bits per heavy atom. The van der Waals surface area contributed by atoms with Crippen molar-refractivity contribution in [2.24, 2.45) is 0 Å².